The predicted octanol–water partition coefficient (Wildman–Crippen LogP) is 2.87. The first-order valence-electron chi connectivity index (χ1n) is 8.34. The first-order chi connectivity index (χ1) is 11.5. The fourth-order valence-corrected chi connectivity index (χ4v) is 3.52. The van der Waals surface area contributed by atoms with Gasteiger partial charge in [0, 0.05) is 22.8 Å². The van der Waals surface area contributed by atoms with E-state index in [0.717, 1.165) is 41.2 Å². The van der Waals surface area contributed by atoms with Crippen LogP contribution in [0, 0.1) is 5.92 Å². The fourth-order valence-electron chi connectivity index (χ4n) is 3.08. The normalized spacial score (nSPS) is 16.4. The van der Waals surface area contributed by atoms with Crippen molar-refractivity contribution in [3.8, 4) is 0 Å². The molecule has 2 aromatic rings. The smallest absolute Gasteiger partial charge is 0.349 e. The van der Waals surface area contributed by atoms with Crippen molar-refractivity contribution in [1.29, 1.82) is 0 Å². The number of anilines is 1. The maximum absolute atomic E-state index is 12.2. The Kier molecular flexibility index (Phi) is 5.36. The van der Waals surface area contributed by atoms with Crippen LogP contribution in [0.2, 0.25) is 0 Å². The molecule has 128 valence electrons. The molecule has 24 heavy (non-hydrogen) atoms. The van der Waals surface area contributed by atoms with E-state index in [1.807, 2.05) is 30.5 Å². The number of nitrogens with two attached hydrogens (primary N) is 1. The summed E-state index contributed by atoms with van der Waals surface area (Å²) in [4.78, 5) is 18.6. The van der Waals surface area contributed by atoms with Crippen LogP contribution >= 0.6 is 15.9 Å². The second-order valence-electron chi connectivity index (χ2n) is 6.65. The number of aromatic nitrogens is 2. The Morgan fingerprint density at radius 2 is 2.04 bits per heavy atom. The second-order valence-corrected chi connectivity index (χ2v) is 7.57. The zero-order valence-electron chi connectivity index (χ0n) is 13.9. The minimum absolute atomic E-state index is 0.302. The lowest BCUT2D eigenvalue weighted by atomic mass is 9.99. The Labute approximate surface area is 150 Å². The van der Waals surface area contributed by atoms with Crippen molar-refractivity contribution in [1.82, 2.24) is 14.5 Å². The van der Waals surface area contributed by atoms with Crippen molar-refractivity contribution in [3.63, 3.8) is 0 Å². The quantitative estimate of drug-likeness (QED) is 0.871. The molecule has 0 amide bonds. The van der Waals surface area contributed by atoms with Gasteiger partial charge in [0.05, 0.1) is 6.54 Å². The molecule has 0 bridgehead atoms. The SMILES string of the molecule is CC1CCN(Cc2cn(Cc3cccc(Br)c3)c(=O)nc2N)CC1. The van der Waals surface area contributed by atoms with Gasteiger partial charge in [-0.2, -0.15) is 4.98 Å². The van der Waals surface area contributed by atoms with Crippen LogP contribution in [-0.4, -0.2) is 27.5 Å². The van der Waals surface area contributed by atoms with E-state index in [1.165, 1.54) is 12.8 Å². The largest absolute Gasteiger partial charge is 0.383 e. The maximum atomic E-state index is 12.2. The van der Waals surface area contributed by atoms with Gasteiger partial charge in [0.15, 0.2) is 0 Å². The van der Waals surface area contributed by atoms with Crippen LogP contribution in [0.5, 0.6) is 0 Å². The van der Waals surface area contributed by atoms with Gasteiger partial charge in [-0.1, -0.05) is 35.0 Å². The minimum atomic E-state index is -0.302. The molecule has 0 aliphatic carbocycles. The standard InChI is InChI=1S/C18H23BrN4O/c1-13-5-7-22(8-6-13)11-15-12-23(18(24)21-17(15)20)10-14-3-2-4-16(19)9-14/h2-4,9,12-13H,5-8,10-11H2,1H3,(H2,20,21,24). The summed E-state index contributed by atoms with van der Waals surface area (Å²) in [6, 6.07) is 7.94. The van der Waals surface area contributed by atoms with Crippen LogP contribution in [-0.2, 0) is 13.1 Å². The second kappa shape index (κ2) is 7.49. The lowest BCUT2D eigenvalue weighted by Gasteiger charge is -2.30. The zero-order chi connectivity index (χ0) is 17.1. The average molecular weight is 391 g/mol. The number of halogens is 1. The molecule has 0 radical (unpaired) electrons. The summed E-state index contributed by atoms with van der Waals surface area (Å²) < 4.78 is 2.64. The van der Waals surface area contributed by atoms with Crippen LogP contribution in [0.1, 0.15) is 30.9 Å². The van der Waals surface area contributed by atoms with E-state index in [2.05, 4.69) is 32.7 Å². The number of hydrogen-bond donors (Lipinski definition) is 1. The highest BCUT2D eigenvalue weighted by molar-refractivity contribution is 9.10. The molecular weight excluding hydrogens is 368 g/mol. The third kappa shape index (κ3) is 4.24. The lowest BCUT2D eigenvalue weighted by molar-refractivity contribution is 0.185. The van der Waals surface area contributed by atoms with Crippen molar-refractivity contribution in [2.24, 2.45) is 5.92 Å². The van der Waals surface area contributed by atoms with Gasteiger partial charge in [-0.3, -0.25) is 9.47 Å². The Morgan fingerprint density at radius 3 is 2.75 bits per heavy atom. The molecule has 5 nitrogen and oxygen atoms in total. The van der Waals surface area contributed by atoms with E-state index in [9.17, 15) is 4.79 Å². The molecule has 0 atom stereocenters. The molecule has 1 aromatic carbocycles. The summed E-state index contributed by atoms with van der Waals surface area (Å²) in [5, 5.41) is 0. The summed E-state index contributed by atoms with van der Waals surface area (Å²) in [6.07, 6.45) is 4.29. The van der Waals surface area contributed by atoms with E-state index in [-0.39, 0.29) is 5.69 Å². The number of rotatable bonds is 4. The first-order valence-corrected chi connectivity index (χ1v) is 9.13. The van der Waals surface area contributed by atoms with Gasteiger partial charge < -0.3 is 5.73 Å². The molecule has 1 fully saturated rings. The van der Waals surface area contributed by atoms with Gasteiger partial charge in [0.25, 0.3) is 0 Å². The van der Waals surface area contributed by atoms with E-state index in [4.69, 9.17) is 5.73 Å². The summed E-state index contributed by atoms with van der Waals surface area (Å²) in [5.74, 6) is 1.14. The molecule has 1 aliphatic rings. The lowest BCUT2D eigenvalue weighted by Crippen LogP contribution is -2.34. The molecule has 1 saturated heterocycles. The summed E-state index contributed by atoms with van der Waals surface area (Å²) in [7, 11) is 0. The molecule has 6 heteroatoms. The van der Waals surface area contributed by atoms with Gasteiger partial charge in [-0.05, 0) is 49.5 Å². The molecule has 0 saturated carbocycles. The Morgan fingerprint density at radius 1 is 1.29 bits per heavy atom. The number of nitrogens with zero attached hydrogens (tertiary/aromatic N) is 3. The first kappa shape index (κ1) is 17.2. The third-order valence-corrected chi connectivity index (χ3v) is 5.11. The van der Waals surface area contributed by atoms with Crippen LogP contribution in [0.4, 0.5) is 5.82 Å². The van der Waals surface area contributed by atoms with Crippen molar-refractivity contribution in [2.75, 3.05) is 18.8 Å². The summed E-state index contributed by atoms with van der Waals surface area (Å²) in [5.41, 5.74) is 7.67. The predicted molar refractivity (Wildman–Crippen MR) is 99.8 cm³/mol. The summed E-state index contributed by atoms with van der Waals surface area (Å²) >= 11 is 3.46. The molecule has 0 unspecified atom stereocenters. The van der Waals surface area contributed by atoms with Crippen LogP contribution in [0.25, 0.3) is 0 Å². The van der Waals surface area contributed by atoms with Gasteiger partial charge in [-0.25, -0.2) is 4.79 Å². The fraction of sp³-hybridized carbons (Fsp3) is 0.444. The number of hydrogen-bond acceptors (Lipinski definition) is 4. The monoisotopic (exact) mass is 390 g/mol. The van der Waals surface area contributed by atoms with Gasteiger partial charge >= 0.3 is 5.69 Å². The molecular formula is C18H23BrN4O. The minimum Gasteiger partial charge on any atom is -0.383 e. The van der Waals surface area contributed by atoms with Crippen LogP contribution in [0.15, 0.2) is 39.7 Å². The Bertz CT molecular complexity index is 766. The Hall–Kier alpha value is -1.66. The highest BCUT2D eigenvalue weighted by Crippen LogP contribution is 2.19. The summed E-state index contributed by atoms with van der Waals surface area (Å²) in [6.45, 7) is 5.70. The molecule has 2 N–H and O–H groups in total. The van der Waals surface area contributed by atoms with Crippen LogP contribution < -0.4 is 11.4 Å². The van der Waals surface area contributed by atoms with E-state index >= 15 is 0 Å². The zero-order valence-corrected chi connectivity index (χ0v) is 15.5. The number of piperidine rings is 1. The van der Waals surface area contributed by atoms with Gasteiger partial charge in [0.1, 0.15) is 5.82 Å². The number of nitrogen functional groups attached to an aromatic ring is 1. The molecule has 1 aliphatic heterocycles. The number of benzene rings is 1. The third-order valence-electron chi connectivity index (χ3n) is 4.61. The van der Waals surface area contributed by atoms with Crippen molar-refractivity contribution >= 4 is 21.7 Å². The van der Waals surface area contributed by atoms with Crippen molar-refractivity contribution in [2.45, 2.75) is 32.9 Å². The number of likely N-dealkylation sites (tertiary alicyclic amines) is 1. The maximum Gasteiger partial charge on any atom is 0.349 e. The van der Waals surface area contributed by atoms with Crippen LogP contribution in [0.3, 0.4) is 0 Å². The van der Waals surface area contributed by atoms with Crippen molar-refractivity contribution < 1.29 is 0 Å². The molecule has 2 heterocycles. The van der Waals surface area contributed by atoms with E-state index in [1.54, 1.807) is 4.57 Å². The highest BCUT2D eigenvalue weighted by atomic mass is 79.9. The van der Waals surface area contributed by atoms with E-state index < -0.39 is 0 Å². The average Bonchev–Trinajstić information content (AvgIpc) is 2.54. The van der Waals surface area contributed by atoms with Gasteiger partial charge in [-0.15, -0.1) is 0 Å². The molecule has 0 spiro atoms. The topological polar surface area (TPSA) is 64.2 Å². The molecule has 3 rings (SSSR count). The van der Waals surface area contributed by atoms with Crippen molar-refractivity contribution in [3.05, 3.63) is 56.5 Å². The van der Waals surface area contributed by atoms with Gasteiger partial charge in [0.2, 0.25) is 0 Å². The van der Waals surface area contributed by atoms with E-state index in [0.29, 0.717) is 12.4 Å². The highest BCUT2D eigenvalue weighted by Gasteiger charge is 2.17. The Balaban J connectivity index is 1.79. The molecule has 1 aromatic heterocycles.